The normalized spacial score (nSPS) is 28.2. The van der Waals surface area contributed by atoms with Crippen molar-refractivity contribution in [2.75, 3.05) is 13.2 Å². The fraction of sp³-hybridized carbons (Fsp3) is 0.667. The Morgan fingerprint density at radius 1 is 0.875 bits per heavy atom. The van der Waals surface area contributed by atoms with E-state index < -0.39 is 42.3 Å². The van der Waals surface area contributed by atoms with Gasteiger partial charge in [-0.15, -0.1) is 0 Å². The Balaban J connectivity index is 1.78. The van der Waals surface area contributed by atoms with Gasteiger partial charge in [-0.3, -0.25) is 14.4 Å². The Morgan fingerprint density at radius 2 is 1.33 bits per heavy atom. The molecule has 2 fully saturated rings. The molecule has 0 bridgehead atoms. The molecular weight excluding hydrogens is 324 g/mol. The topological polar surface area (TPSA) is 129 Å². The first-order valence-corrected chi connectivity index (χ1v) is 7.57. The van der Waals surface area contributed by atoms with Crippen LogP contribution in [0.1, 0.15) is 25.7 Å². The zero-order valence-electron chi connectivity index (χ0n) is 13.0. The number of carbonyl (C=O) groups excluding carboxylic acids is 2. The van der Waals surface area contributed by atoms with Crippen LogP contribution in [-0.4, -0.2) is 65.8 Å². The van der Waals surface area contributed by atoms with Crippen LogP contribution in [0.5, 0.6) is 0 Å². The quantitative estimate of drug-likeness (QED) is 0.472. The summed E-state index contributed by atoms with van der Waals surface area (Å²) in [4.78, 5) is 33.7. The number of rotatable bonds is 8. The van der Waals surface area contributed by atoms with Gasteiger partial charge in [-0.05, 0) is 0 Å². The third-order valence-corrected chi connectivity index (χ3v) is 3.69. The number of aliphatic carboxylic acids is 1. The Morgan fingerprint density at radius 3 is 1.75 bits per heavy atom. The molecule has 0 amide bonds. The van der Waals surface area contributed by atoms with E-state index in [1.54, 1.807) is 0 Å². The van der Waals surface area contributed by atoms with Crippen molar-refractivity contribution in [1.82, 2.24) is 0 Å². The molecule has 24 heavy (non-hydrogen) atoms. The van der Waals surface area contributed by atoms with Crippen LogP contribution in [-0.2, 0) is 33.3 Å². The van der Waals surface area contributed by atoms with E-state index in [1.807, 2.05) is 0 Å². The van der Waals surface area contributed by atoms with E-state index in [4.69, 9.17) is 29.2 Å². The van der Waals surface area contributed by atoms with Crippen LogP contribution in [0.25, 0.3) is 0 Å². The number of esters is 2. The van der Waals surface area contributed by atoms with Crippen molar-refractivity contribution >= 4 is 17.9 Å². The molecule has 9 nitrogen and oxygen atoms in total. The first-order chi connectivity index (χ1) is 11.4. The smallest absolute Gasteiger partial charge is 0.306 e. The van der Waals surface area contributed by atoms with Gasteiger partial charge in [-0.25, -0.2) is 0 Å². The Bertz CT molecular complexity index is 469. The van der Waals surface area contributed by atoms with Crippen LogP contribution in [0.2, 0.25) is 0 Å². The van der Waals surface area contributed by atoms with Gasteiger partial charge in [0, 0.05) is 6.42 Å². The van der Waals surface area contributed by atoms with Crippen molar-refractivity contribution in [2.45, 2.75) is 50.1 Å². The Kier molecular flexibility index (Phi) is 6.16. The first-order valence-electron chi connectivity index (χ1n) is 7.57. The lowest BCUT2D eigenvalue weighted by atomic mass is 10.1. The van der Waals surface area contributed by atoms with E-state index in [0.717, 1.165) is 0 Å². The summed E-state index contributed by atoms with van der Waals surface area (Å²) >= 11 is 0. The lowest BCUT2D eigenvalue weighted by Crippen LogP contribution is -2.36. The summed E-state index contributed by atoms with van der Waals surface area (Å²) in [7, 11) is 0. The molecule has 2 heterocycles. The van der Waals surface area contributed by atoms with Crippen molar-refractivity contribution in [3.63, 3.8) is 0 Å². The highest BCUT2D eigenvalue weighted by Gasteiger charge is 2.51. The number of allylic oxidation sites excluding steroid dienone is 1. The standard InChI is InChI=1S/C15H20O9/c1-8(16)2-4-12(19)23-9-6-21-15-10(7-22-14(9)15)24-13(20)5-3-11(17)18/h9-10,14-16H,1-7H2,(H,17,18)/t9-,10+,14+,15+/m0/s1. The Hall–Kier alpha value is -2.13. The highest BCUT2D eigenvalue weighted by atomic mass is 16.7. The number of carboxylic acids is 1. The molecule has 4 atom stereocenters. The molecule has 134 valence electrons. The monoisotopic (exact) mass is 344 g/mol. The fourth-order valence-corrected chi connectivity index (χ4v) is 2.54. The van der Waals surface area contributed by atoms with Gasteiger partial charge in [0.15, 0.2) is 12.2 Å². The van der Waals surface area contributed by atoms with Crippen molar-refractivity contribution < 1.29 is 43.5 Å². The molecular formula is C15H20O9. The number of carbonyl (C=O) groups is 3. The van der Waals surface area contributed by atoms with E-state index in [-0.39, 0.29) is 44.7 Å². The zero-order chi connectivity index (χ0) is 17.7. The first kappa shape index (κ1) is 18.2. The molecule has 2 saturated heterocycles. The molecule has 0 aromatic rings. The summed E-state index contributed by atoms with van der Waals surface area (Å²) in [6, 6.07) is 0. The molecule has 0 saturated carbocycles. The summed E-state index contributed by atoms with van der Waals surface area (Å²) in [6.07, 6.45) is -2.78. The number of hydrogen-bond donors (Lipinski definition) is 2. The number of aliphatic hydroxyl groups excluding tert-OH is 1. The SMILES string of the molecule is C=C(O)CCC(=O)O[C@H]1CO[C@H]2[C@@H]1OC[C@H]2OC(=O)CCC(=O)O. The molecule has 2 N–H and O–H groups in total. The summed E-state index contributed by atoms with van der Waals surface area (Å²) in [5, 5.41) is 17.5. The van der Waals surface area contributed by atoms with Crippen molar-refractivity contribution in [2.24, 2.45) is 0 Å². The van der Waals surface area contributed by atoms with Crippen LogP contribution in [0, 0.1) is 0 Å². The average Bonchev–Trinajstić information content (AvgIpc) is 3.07. The lowest BCUT2D eigenvalue weighted by Gasteiger charge is -2.17. The van der Waals surface area contributed by atoms with Gasteiger partial charge >= 0.3 is 17.9 Å². The van der Waals surface area contributed by atoms with Gasteiger partial charge < -0.3 is 29.2 Å². The highest BCUT2D eigenvalue weighted by molar-refractivity contribution is 5.76. The van der Waals surface area contributed by atoms with Gasteiger partial charge in [-0.2, -0.15) is 0 Å². The number of aliphatic hydroxyl groups is 1. The molecule has 0 aromatic heterocycles. The van der Waals surface area contributed by atoms with Crippen LogP contribution in [0.4, 0.5) is 0 Å². The minimum Gasteiger partial charge on any atom is -0.513 e. The number of fused-ring (bicyclic) bond motifs is 1. The van der Waals surface area contributed by atoms with Crippen molar-refractivity contribution in [3.8, 4) is 0 Å². The molecule has 0 spiro atoms. The Labute approximate surface area is 138 Å². The van der Waals surface area contributed by atoms with Gasteiger partial charge in [-0.1, -0.05) is 6.58 Å². The maximum atomic E-state index is 11.7. The second kappa shape index (κ2) is 8.11. The molecule has 2 aliphatic heterocycles. The van der Waals surface area contributed by atoms with E-state index >= 15 is 0 Å². The summed E-state index contributed by atoms with van der Waals surface area (Å²) < 4.78 is 21.4. The lowest BCUT2D eigenvalue weighted by molar-refractivity contribution is -0.157. The van der Waals surface area contributed by atoms with Gasteiger partial charge in [0.1, 0.15) is 12.2 Å². The maximum absolute atomic E-state index is 11.7. The fourth-order valence-electron chi connectivity index (χ4n) is 2.54. The van der Waals surface area contributed by atoms with E-state index in [0.29, 0.717) is 0 Å². The highest BCUT2D eigenvalue weighted by Crippen LogP contribution is 2.31. The third kappa shape index (κ3) is 4.93. The van der Waals surface area contributed by atoms with Gasteiger partial charge in [0.2, 0.25) is 0 Å². The summed E-state index contributed by atoms with van der Waals surface area (Å²) in [5.41, 5.74) is 0. The second-order valence-electron chi connectivity index (χ2n) is 5.61. The molecule has 0 aromatic carbocycles. The van der Waals surface area contributed by atoms with E-state index in [9.17, 15) is 14.4 Å². The number of hydrogen-bond acceptors (Lipinski definition) is 8. The molecule has 2 aliphatic rings. The predicted octanol–water partition coefficient (Wildman–Crippen LogP) is 0.324. The maximum Gasteiger partial charge on any atom is 0.306 e. The van der Waals surface area contributed by atoms with Gasteiger partial charge in [0.25, 0.3) is 0 Å². The van der Waals surface area contributed by atoms with Crippen molar-refractivity contribution in [3.05, 3.63) is 12.3 Å². The minimum absolute atomic E-state index is 0.00315. The van der Waals surface area contributed by atoms with Crippen LogP contribution < -0.4 is 0 Å². The van der Waals surface area contributed by atoms with E-state index in [1.165, 1.54) is 0 Å². The molecule has 2 rings (SSSR count). The second-order valence-corrected chi connectivity index (χ2v) is 5.61. The zero-order valence-corrected chi connectivity index (χ0v) is 13.0. The minimum atomic E-state index is -1.08. The summed E-state index contributed by atoms with van der Waals surface area (Å²) in [5.74, 6) is -2.33. The molecule has 0 radical (unpaired) electrons. The van der Waals surface area contributed by atoms with Crippen LogP contribution in [0.3, 0.4) is 0 Å². The van der Waals surface area contributed by atoms with Crippen LogP contribution >= 0.6 is 0 Å². The summed E-state index contributed by atoms with van der Waals surface area (Å²) in [6.45, 7) is 3.50. The molecule has 9 heteroatoms. The predicted molar refractivity (Wildman–Crippen MR) is 77.1 cm³/mol. The van der Waals surface area contributed by atoms with Crippen molar-refractivity contribution in [1.29, 1.82) is 0 Å². The largest absolute Gasteiger partial charge is 0.513 e. The van der Waals surface area contributed by atoms with Gasteiger partial charge in [0.05, 0.1) is 38.2 Å². The third-order valence-electron chi connectivity index (χ3n) is 3.69. The average molecular weight is 344 g/mol. The molecule has 0 aliphatic carbocycles. The number of carboxylic acid groups (broad SMARTS) is 1. The van der Waals surface area contributed by atoms with Crippen LogP contribution in [0.15, 0.2) is 12.3 Å². The van der Waals surface area contributed by atoms with E-state index in [2.05, 4.69) is 6.58 Å². The number of ether oxygens (including phenoxy) is 4. The molecule has 0 unspecified atom stereocenters.